The number of carbonyl (C=O) groups excluding carboxylic acids is 1. The van der Waals surface area contributed by atoms with Gasteiger partial charge in [-0.1, -0.05) is 30.3 Å². The van der Waals surface area contributed by atoms with Crippen LogP contribution >= 0.6 is 0 Å². The predicted molar refractivity (Wildman–Crippen MR) is 106 cm³/mol. The Morgan fingerprint density at radius 1 is 1.07 bits per heavy atom. The molecule has 0 atom stereocenters. The average molecular weight is 361 g/mol. The average Bonchev–Trinajstić information content (AvgIpc) is 3.15. The molecule has 136 valence electrons. The molecular weight excluding hydrogens is 342 g/mol. The number of aromatic amines is 1. The second-order valence-corrected chi connectivity index (χ2v) is 5.97. The van der Waals surface area contributed by atoms with Crippen LogP contribution in [0.15, 0.2) is 72.6 Å². The Bertz CT molecular complexity index is 1060. The van der Waals surface area contributed by atoms with Crippen LogP contribution in [-0.4, -0.2) is 26.1 Å². The smallest absolute Gasteiger partial charge is 0.182 e. The van der Waals surface area contributed by atoms with E-state index in [1.54, 1.807) is 24.3 Å². The molecule has 5 heteroatoms. The first kappa shape index (κ1) is 18.2. The fourth-order valence-corrected chi connectivity index (χ4v) is 2.68. The molecule has 2 aromatic carbocycles. The molecule has 0 fully saturated rings. The summed E-state index contributed by atoms with van der Waals surface area (Å²) in [5.41, 5.74) is 2.90. The van der Waals surface area contributed by atoms with E-state index in [0.717, 1.165) is 22.5 Å². The third kappa shape index (κ3) is 4.54. The summed E-state index contributed by atoms with van der Waals surface area (Å²) in [5.74, 6) is -0.532. The molecule has 0 spiro atoms. The summed E-state index contributed by atoms with van der Waals surface area (Å²) >= 11 is 0. The number of aliphatic hydroxyl groups excluding tert-OH is 2. The Hall–Kier alpha value is -3.57. The number of aromatic nitrogens is 1. The van der Waals surface area contributed by atoms with Crippen molar-refractivity contribution >= 4 is 28.8 Å². The van der Waals surface area contributed by atoms with Gasteiger partial charge in [-0.3, -0.25) is 4.79 Å². The summed E-state index contributed by atoms with van der Waals surface area (Å²) in [6.07, 6.45) is 9.01. The van der Waals surface area contributed by atoms with Gasteiger partial charge in [0.2, 0.25) is 0 Å². The molecule has 4 N–H and O–H groups in total. The number of H-pyrrole nitrogens is 1. The number of phenols is 1. The number of nitrogens with one attached hydrogen (secondary N) is 1. The van der Waals surface area contributed by atoms with E-state index in [-0.39, 0.29) is 23.9 Å². The number of para-hydroxylation sites is 1. The predicted octanol–water partition coefficient (Wildman–Crippen LogP) is 4.10. The minimum atomic E-state index is -0.345. The van der Waals surface area contributed by atoms with Crippen LogP contribution in [0.1, 0.15) is 16.7 Å². The molecule has 0 saturated heterocycles. The van der Waals surface area contributed by atoms with E-state index in [1.807, 2.05) is 30.5 Å². The Kier molecular flexibility index (Phi) is 5.54. The van der Waals surface area contributed by atoms with Gasteiger partial charge in [-0.15, -0.1) is 0 Å². The van der Waals surface area contributed by atoms with Gasteiger partial charge < -0.3 is 20.3 Å². The molecule has 0 aliphatic carbocycles. The number of fused-ring (bicyclic) bond motifs is 1. The first-order valence-corrected chi connectivity index (χ1v) is 8.36. The molecule has 27 heavy (non-hydrogen) atoms. The molecule has 1 aromatic heterocycles. The van der Waals surface area contributed by atoms with E-state index in [4.69, 9.17) is 5.11 Å². The largest absolute Gasteiger partial charge is 0.508 e. The Morgan fingerprint density at radius 2 is 1.93 bits per heavy atom. The zero-order valence-electron chi connectivity index (χ0n) is 14.5. The normalized spacial score (nSPS) is 12.4. The van der Waals surface area contributed by atoms with Gasteiger partial charge in [0, 0.05) is 17.8 Å². The van der Waals surface area contributed by atoms with Crippen molar-refractivity contribution in [3.8, 4) is 5.75 Å². The highest BCUT2D eigenvalue weighted by molar-refractivity contribution is 6.03. The molecule has 5 nitrogen and oxygen atoms in total. The van der Waals surface area contributed by atoms with Crippen molar-refractivity contribution in [1.82, 2.24) is 4.98 Å². The first-order chi connectivity index (χ1) is 13.1. The van der Waals surface area contributed by atoms with E-state index < -0.39 is 0 Å². The standard InChI is InChI=1S/C22H19NO4/c24-14-18-12-15(5-9-21(18)27)4-7-19(25)13-20(26)8-6-16-2-1-3-17-10-11-23-22(16)17/h1-13,23-25,27H,14H2/b7-4+,8-6+,19-13?. The van der Waals surface area contributed by atoms with Crippen LogP contribution in [-0.2, 0) is 11.4 Å². The van der Waals surface area contributed by atoms with Crippen LogP contribution in [0, 0.1) is 0 Å². The van der Waals surface area contributed by atoms with Gasteiger partial charge in [0.05, 0.1) is 12.1 Å². The number of aromatic hydroxyl groups is 1. The van der Waals surface area contributed by atoms with Gasteiger partial charge in [0.25, 0.3) is 0 Å². The number of aliphatic hydroxyl groups is 2. The summed E-state index contributed by atoms with van der Waals surface area (Å²) < 4.78 is 0. The van der Waals surface area contributed by atoms with Crippen molar-refractivity contribution in [3.05, 3.63) is 89.3 Å². The maximum atomic E-state index is 12.0. The zero-order chi connectivity index (χ0) is 19.2. The van der Waals surface area contributed by atoms with E-state index in [2.05, 4.69) is 4.98 Å². The van der Waals surface area contributed by atoms with Gasteiger partial charge in [-0.2, -0.15) is 0 Å². The molecule has 0 bridgehead atoms. The van der Waals surface area contributed by atoms with Crippen LogP contribution in [0.3, 0.4) is 0 Å². The lowest BCUT2D eigenvalue weighted by Crippen LogP contribution is -1.89. The maximum absolute atomic E-state index is 12.0. The minimum absolute atomic E-state index is 0.00631. The summed E-state index contributed by atoms with van der Waals surface area (Å²) in [6.45, 7) is -0.286. The van der Waals surface area contributed by atoms with Crippen molar-refractivity contribution in [2.24, 2.45) is 0 Å². The van der Waals surface area contributed by atoms with E-state index in [0.29, 0.717) is 11.1 Å². The third-order valence-corrected chi connectivity index (χ3v) is 4.06. The van der Waals surface area contributed by atoms with Crippen molar-refractivity contribution in [2.75, 3.05) is 0 Å². The lowest BCUT2D eigenvalue weighted by Gasteiger charge is -2.01. The molecule has 3 aromatic rings. The summed E-state index contributed by atoms with van der Waals surface area (Å²) in [7, 11) is 0. The highest BCUT2D eigenvalue weighted by atomic mass is 16.3. The third-order valence-electron chi connectivity index (χ3n) is 4.06. The topological polar surface area (TPSA) is 93.6 Å². The Balaban J connectivity index is 1.70. The van der Waals surface area contributed by atoms with Crippen molar-refractivity contribution in [3.63, 3.8) is 0 Å². The molecule has 3 rings (SSSR count). The van der Waals surface area contributed by atoms with Gasteiger partial charge in [0.15, 0.2) is 5.78 Å². The van der Waals surface area contributed by atoms with E-state index in [1.165, 1.54) is 18.2 Å². The highest BCUT2D eigenvalue weighted by Gasteiger charge is 2.01. The van der Waals surface area contributed by atoms with Gasteiger partial charge in [-0.25, -0.2) is 0 Å². The maximum Gasteiger partial charge on any atom is 0.182 e. The van der Waals surface area contributed by atoms with E-state index >= 15 is 0 Å². The van der Waals surface area contributed by atoms with Crippen molar-refractivity contribution in [2.45, 2.75) is 6.61 Å². The molecular formula is C22H19NO4. The molecule has 1 heterocycles. The number of carbonyl (C=O) groups is 1. The quantitative estimate of drug-likeness (QED) is 0.302. The van der Waals surface area contributed by atoms with Crippen LogP contribution < -0.4 is 0 Å². The fourth-order valence-electron chi connectivity index (χ4n) is 2.68. The zero-order valence-corrected chi connectivity index (χ0v) is 14.5. The summed E-state index contributed by atoms with van der Waals surface area (Å²) in [5, 5.41) is 29.7. The summed E-state index contributed by atoms with van der Waals surface area (Å²) in [4.78, 5) is 15.2. The number of allylic oxidation sites excluding steroid dienone is 3. The van der Waals surface area contributed by atoms with Gasteiger partial charge in [-0.05, 0) is 52.9 Å². The van der Waals surface area contributed by atoms with Crippen LogP contribution in [0.25, 0.3) is 23.1 Å². The van der Waals surface area contributed by atoms with Crippen LogP contribution in [0.2, 0.25) is 0 Å². The van der Waals surface area contributed by atoms with Crippen molar-refractivity contribution < 1.29 is 20.1 Å². The molecule has 0 aliphatic heterocycles. The van der Waals surface area contributed by atoms with Gasteiger partial charge in [0.1, 0.15) is 11.5 Å². The number of rotatable bonds is 6. The number of hydrogen-bond donors (Lipinski definition) is 4. The van der Waals surface area contributed by atoms with Crippen LogP contribution in [0.4, 0.5) is 0 Å². The molecule has 0 amide bonds. The molecule has 0 unspecified atom stereocenters. The van der Waals surface area contributed by atoms with Crippen LogP contribution in [0.5, 0.6) is 5.75 Å². The summed E-state index contributed by atoms with van der Waals surface area (Å²) in [6, 6.07) is 12.4. The van der Waals surface area contributed by atoms with Gasteiger partial charge >= 0.3 is 0 Å². The first-order valence-electron chi connectivity index (χ1n) is 8.36. The monoisotopic (exact) mass is 361 g/mol. The van der Waals surface area contributed by atoms with E-state index in [9.17, 15) is 15.0 Å². The number of hydrogen-bond acceptors (Lipinski definition) is 4. The second-order valence-electron chi connectivity index (χ2n) is 5.97. The number of ketones is 1. The molecule has 0 saturated carbocycles. The Morgan fingerprint density at radius 3 is 2.74 bits per heavy atom. The fraction of sp³-hybridized carbons (Fsp3) is 0.0455. The lowest BCUT2D eigenvalue weighted by atomic mass is 10.1. The molecule has 0 radical (unpaired) electrons. The minimum Gasteiger partial charge on any atom is -0.508 e. The second kappa shape index (κ2) is 8.21. The number of benzene rings is 2. The lowest BCUT2D eigenvalue weighted by molar-refractivity contribution is -0.110. The van der Waals surface area contributed by atoms with Crippen molar-refractivity contribution in [1.29, 1.82) is 0 Å². The SMILES string of the molecule is O=C(C=C(O)/C=C/c1ccc(O)c(CO)c1)/C=C/c1cccc2cc[nH]c12. The molecule has 0 aliphatic rings. The highest BCUT2D eigenvalue weighted by Crippen LogP contribution is 2.20. The Labute approximate surface area is 156 Å².